The molecule has 2 fully saturated rings. The quantitative estimate of drug-likeness (QED) is 0.345. The van der Waals surface area contributed by atoms with Crippen LogP contribution in [0.4, 0.5) is 0 Å². The van der Waals surface area contributed by atoms with Gasteiger partial charge in [0.2, 0.25) is 0 Å². The van der Waals surface area contributed by atoms with Crippen molar-refractivity contribution in [2.24, 2.45) is 4.99 Å². The number of ether oxygens (including phenoxy) is 1. The van der Waals surface area contributed by atoms with Crippen molar-refractivity contribution in [2.75, 3.05) is 39.3 Å². The van der Waals surface area contributed by atoms with Crippen LogP contribution in [0.15, 0.2) is 11.3 Å². The molecule has 2 unspecified atom stereocenters. The standard InChI is InChI=1S/C17H31N7O.HI/c1-3-16-22-21-13-24(16)9-7-19-17(18-4-2)20-10-15-11-23-8-5-6-14(23)12-25-15;/h13-15H,3-12H2,1-2H3,(H2,18,19,20);1H. The Morgan fingerprint density at radius 3 is 3.08 bits per heavy atom. The lowest BCUT2D eigenvalue weighted by Gasteiger charge is -2.34. The van der Waals surface area contributed by atoms with Crippen molar-refractivity contribution < 1.29 is 4.74 Å². The number of nitrogens with one attached hydrogen (secondary N) is 2. The molecule has 8 nitrogen and oxygen atoms in total. The van der Waals surface area contributed by atoms with Crippen LogP contribution in [0.2, 0.25) is 0 Å². The lowest BCUT2D eigenvalue weighted by molar-refractivity contribution is -0.0432. The molecule has 2 aliphatic heterocycles. The number of aromatic nitrogens is 3. The summed E-state index contributed by atoms with van der Waals surface area (Å²) in [6.45, 7) is 10.4. The second-order valence-electron chi connectivity index (χ2n) is 6.69. The molecule has 2 N–H and O–H groups in total. The molecule has 1 aromatic rings. The average Bonchev–Trinajstić information content (AvgIpc) is 3.27. The summed E-state index contributed by atoms with van der Waals surface area (Å²) in [6, 6.07) is 0.642. The van der Waals surface area contributed by atoms with Gasteiger partial charge in [-0.3, -0.25) is 9.89 Å². The van der Waals surface area contributed by atoms with Crippen LogP contribution < -0.4 is 10.6 Å². The maximum absolute atomic E-state index is 5.99. The van der Waals surface area contributed by atoms with E-state index in [-0.39, 0.29) is 30.1 Å². The number of morpholine rings is 1. The van der Waals surface area contributed by atoms with E-state index in [0.29, 0.717) is 12.6 Å². The van der Waals surface area contributed by atoms with E-state index >= 15 is 0 Å². The molecule has 3 heterocycles. The van der Waals surface area contributed by atoms with Gasteiger partial charge in [0, 0.05) is 38.6 Å². The summed E-state index contributed by atoms with van der Waals surface area (Å²) >= 11 is 0. The highest BCUT2D eigenvalue weighted by atomic mass is 127. The maximum atomic E-state index is 5.99. The molecule has 0 bridgehead atoms. The van der Waals surface area contributed by atoms with Crippen molar-refractivity contribution in [1.29, 1.82) is 0 Å². The molecule has 26 heavy (non-hydrogen) atoms. The van der Waals surface area contributed by atoms with Crippen molar-refractivity contribution in [3.05, 3.63) is 12.2 Å². The van der Waals surface area contributed by atoms with E-state index < -0.39 is 0 Å². The smallest absolute Gasteiger partial charge is 0.191 e. The summed E-state index contributed by atoms with van der Waals surface area (Å²) in [5, 5.41) is 14.8. The fourth-order valence-corrected chi connectivity index (χ4v) is 3.57. The fraction of sp³-hybridized carbons (Fsp3) is 0.824. The number of guanidine groups is 1. The molecule has 0 amide bonds. The van der Waals surface area contributed by atoms with Gasteiger partial charge in [0.15, 0.2) is 5.96 Å². The Hall–Kier alpha value is -0.940. The number of hydrogen-bond donors (Lipinski definition) is 2. The zero-order chi connectivity index (χ0) is 17.5. The third-order valence-corrected chi connectivity index (χ3v) is 4.92. The zero-order valence-electron chi connectivity index (χ0n) is 15.9. The van der Waals surface area contributed by atoms with Gasteiger partial charge in [-0.15, -0.1) is 34.2 Å². The monoisotopic (exact) mass is 477 g/mol. The summed E-state index contributed by atoms with van der Waals surface area (Å²) in [5.41, 5.74) is 0. The molecule has 2 atom stereocenters. The normalized spacial score (nSPS) is 23.4. The molecule has 0 aliphatic carbocycles. The van der Waals surface area contributed by atoms with Crippen LogP contribution in [0.1, 0.15) is 32.5 Å². The summed E-state index contributed by atoms with van der Waals surface area (Å²) < 4.78 is 8.07. The highest BCUT2D eigenvalue weighted by Gasteiger charge is 2.31. The number of nitrogens with zero attached hydrogens (tertiary/aromatic N) is 5. The van der Waals surface area contributed by atoms with Gasteiger partial charge in [-0.05, 0) is 26.3 Å². The van der Waals surface area contributed by atoms with E-state index in [1.165, 1.54) is 19.4 Å². The molecule has 0 spiro atoms. The van der Waals surface area contributed by atoms with E-state index in [0.717, 1.165) is 51.0 Å². The van der Waals surface area contributed by atoms with Crippen LogP contribution in [0, 0.1) is 0 Å². The third kappa shape index (κ3) is 5.78. The molecule has 2 saturated heterocycles. The van der Waals surface area contributed by atoms with Gasteiger partial charge in [0.25, 0.3) is 0 Å². The minimum Gasteiger partial charge on any atom is -0.373 e. The van der Waals surface area contributed by atoms with E-state index in [1.807, 2.05) is 0 Å². The van der Waals surface area contributed by atoms with E-state index in [9.17, 15) is 0 Å². The van der Waals surface area contributed by atoms with Gasteiger partial charge in [-0.1, -0.05) is 6.92 Å². The first-order valence-electron chi connectivity index (χ1n) is 9.54. The molecule has 0 aromatic carbocycles. The average molecular weight is 477 g/mol. The molecule has 1 aromatic heterocycles. The first kappa shape index (κ1) is 21.4. The summed E-state index contributed by atoms with van der Waals surface area (Å²) in [5.74, 6) is 1.86. The Kier molecular flexibility index (Phi) is 9.06. The number of hydrogen-bond acceptors (Lipinski definition) is 5. The first-order chi connectivity index (χ1) is 12.3. The second kappa shape index (κ2) is 11.0. The van der Waals surface area contributed by atoms with Crippen molar-refractivity contribution in [1.82, 2.24) is 30.3 Å². The van der Waals surface area contributed by atoms with E-state index in [4.69, 9.17) is 9.73 Å². The van der Waals surface area contributed by atoms with E-state index in [2.05, 4.69) is 44.1 Å². The Morgan fingerprint density at radius 2 is 2.27 bits per heavy atom. The van der Waals surface area contributed by atoms with E-state index in [1.54, 1.807) is 6.33 Å². The maximum Gasteiger partial charge on any atom is 0.191 e. The Labute approximate surface area is 173 Å². The molecular formula is C17H32IN7O. The topological polar surface area (TPSA) is 79.6 Å². The lowest BCUT2D eigenvalue weighted by Crippen LogP contribution is -2.47. The van der Waals surface area contributed by atoms with Crippen LogP contribution in [0.25, 0.3) is 0 Å². The fourth-order valence-electron chi connectivity index (χ4n) is 3.57. The van der Waals surface area contributed by atoms with Crippen LogP contribution in [0.5, 0.6) is 0 Å². The Bertz CT molecular complexity index is 565. The SMILES string of the molecule is CCNC(=NCC1CN2CCCC2CO1)NCCn1cnnc1CC.I. The molecule has 0 radical (unpaired) electrons. The number of aliphatic imine (C=N–C) groups is 1. The molecule has 3 rings (SSSR count). The van der Waals surface area contributed by atoms with Crippen molar-refractivity contribution in [3.63, 3.8) is 0 Å². The highest BCUT2D eigenvalue weighted by molar-refractivity contribution is 14.0. The predicted octanol–water partition coefficient (Wildman–Crippen LogP) is 0.877. The van der Waals surface area contributed by atoms with Gasteiger partial charge in [0.1, 0.15) is 12.2 Å². The molecule has 0 saturated carbocycles. The third-order valence-electron chi connectivity index (χ3n) is 4.92. The predicted molar refractivity (Wildman–Crippen MR) is 113 cm³/mol. The van der Waals surface area contributed by atoms with Crippen LogP contribution >= 0.6 is 24.0 Å². The number of halogens is 1. The minimum atomic E-state index is 0. The zero-order valence-corrected chi connectivity index (χ0v) is 18.2. The minimum absolute atomic E-state index is 0. The van der Waals surface area contributed by atoms with Crippen molar-refractivity contribution in [2.45, 2.75) is 51.8 Å². The van der Waals surface area contributed by atoms with Gasteiger partial charge < -0.3 is 19.9 Å². The van der Waals surface area contributed by atoms with Crippen LogP contribution in [-0.4, -0.2) is 77.1 Å². The molecule has 9 heteroatoms. The largest absolute Gasteiger partial charge is 0.373 e. The van der Waals surface area contributed by atoms with Crippen LogP contribution in [-0.2, 0) is 17.7 Å². The summed E-state index contributed by atoms with van der Waals surface area (Å²) in [6.07, 6.45) is 5.46. The van der Waals surface area contributed by atoms with Gasteiger partial charge in [-0.25, -0.2) is 0 Å². The highest BCUT2D eigenvalue weighted by Crippen LogP contribution is 2.22. The Morgan fingerprint density at radius 1 is 1.38 bits per heavy atom. The number of aryl methyl sites for hydroxylation is 1. The van der Waals surface area contributed by atoms with Crippen molar-refractivity contribution in [3.8, 4) is 0 Å². The number of rotatable bonds is 7. The second-order valence-corrected chi connectivity index (χ2v) is 6.69. The molecule has 148 valence electrons. The number of fused-ring (bicyclic) bond motifs is 1. The summed E-state index contributed by atoms with van der Waals surface area (Å²) in [7, 11) is 0. The lowest BCUT2D eigenvalue weighted by atomic mass is 10.2. The van der Waals surface area contributed by atoms with Crippen molar-refractivity contribution >= 4 is 29.9 Å². The molecular weight excluding hydrogens is 445 g/mol. The van der Waals surface area contributed by atoms with Gasteiger partial charge in [-0.2, -0.15) is 0 Å². The Balaban J connectivity index is 0.00000243. The van der Waals surface area contributed by atoms with Gasteiger partial charge in [0.05, 0.1) is 19.3 Å². The molecule has 2 aliphatic rings. The van der Waals surface area contributed by atoms with Crippen LogP contribution in [0.3, 0.4) is 0 Å². The van der Waals surface area contributed by atoms with Gasteiger partial charge >= 0.3 is 0 Å². The first-order valence-corrected chi connectivity index (χ1v) is 9.54. The summed E-state index contributed by atoms with van der Waals surface area (Å²) in [4.78, 5) is 7.27.